The summed E-state index contributed by atoms with van der Waals surface area (Å²) in [6, 6.07) is 8.87. The van der Waals surface area contributed by atoms with E-state index >= 15 is 0 Å². The summed E-state index contributed by atoms with van der Waals surface area (Å²) in [5, 5.41) is 12.5. The van der Waals surface area contributed by atoms with Gasteiger partial charge in [0.05, 0.1) is 7.11 Å². The number of anilines is 1. The molecule has 1 aromatic heterocycles. The molecule has 0 saturated heterocycles. The zero-order valence-corrected chi connectivity index (χ0v) is 12.8. The average Bonchev–Trinajstić information content (AvgIpc) is 2.59. The highest BCUT2D eigenvalue weighted by Crippen LogP contribution is 2.25. The number of hydrogen-bond acceptors (Lipinski definition) is 6. The molecule has 0 amide bonds. The van der Waals surface area contributed by atoms with Gasteiger partial charge in [-0.05, 0) is 12.5 Å². The van der Waals surface area contributed by atoms with Gasteiger partial charge in [-0.3, -0.25) is 4.79 Å². The number of esters is 1. The van der Waals surface area contributed by atoms with E-state index in [0.29, 0.717) is 5.56 Å². The van der Waals surface area contributed by atoms with Crippen molar-refractivity contribution in [1.82, 2.24) is 9.97 Å². The van der Waals surface area contributed by atoms with E-state index in [1.165, 1.54) is 19.6 Å². The molecule has 2 aromatic rings. The Labute approximate surface area is 133 Å². The highest BCUT2D eigenvalue weighted by atomic mass is 16.5. The number of nitrogens with zero attached hydrogens (tertiary/aromatic N) is 2. The number of carbonyl (C=O) groups excluding carboxylic acids is 1. The monoisotopic (exact) mass is 315 g/mol. The minimum Gasteiger partial charge on any atom is -0.481 e. The molecule has 0 aliphatic heterocycles. The Morgan fingerprint density at radius 2 is 2.00 bits per heavy atom. The van der Waals surface area contributed by atoms with Gasteiger partial charge >= 0.3 is 11.9 Å². The van der Waals surface area contributed by atoms with Gasteiger partial charge in [-0.1, -0.05) is 30.3 Å². The number of aliphatic carboxylic acids is 1. The number of carbonyl (C=O) groups is 2. The van der Waals surface area contributed by atoms with Gasteiger partial charge in [0.2, 0.25) is 0 Å². The zero-order chi connectivity index (χ0) is 16.9. The van der Waals surface area contributed by atoms with E-state index in [2.05, 4.69) is 20.0 Å². The Morgan fingerprint density at radius 3 is 2.61 bits per heavy atom. The van der Waals surface area contributed by atoms with E-state index in [9.17, 15) is 14.7 Å². The van der Waals surface area contributed by atoms with E-state index in [1.54, 1.807) is 31.2 Å². The standard InChI is InChI=1S/C16H17N3O4/c1-16(15(21)22,11-6-4-3-5-7-11)9-18-13-12(14(20)23-2)8-17-10-19-13/h3-8,10H,9H2,1-2H3,(H,21,22)(H,17,18,19). The zero-order valence-electron chi connectivity index (χ0n) is 12.8. The van der Waals surface area contributed by atoms with Crippen molar-refractivity contribution < 1.29 is 19.4 Å². The summed E-state index contributed by atoms with van der Waals surface area (Å²) in [4.78, 5) is 31.2. The van der Waals surface area contributed by atoms with E-state index in [1.807, 2.05) is 6.07 Å². The Bertz CT molecular complexity index is 705. The average molecular weight is 315 g/mol. The van der Waals surface area contributed by atoms with Crippen molar-refractivity contribution in [2.75, 3.05) is 19.0 Å². The van der Waals surface area contributed by atoms with Gasteiger partial charge in [-0.2, -0.15) is 0 Å². The summed E-state index contributed by atoms with van der Waals surface area (Å²) in [5.41, 5.74) is -0.385. The molecule has 7 heteroatoms. The van der Waals surface area contributed by atoms with Crippen LogP contribution in [0.5, 0.6) is 0 Å². The maximum absolute atomic E-state index is 11.8. The lowest BCUT2D eigenvalue weighted by Crippen LogP contribution is -2.39. The van der Waals surface area contributed by atoms with E-state index < -0.39 is 17.4 Å². The highest BCUT2D eigenvalue weighted by Gasteiger charge is 2.35. The molecule has 7 nitrogen and oxygen atoms in total. The Hall–Kier alpha value is -2.96. The van der Waals surface area contributed by atoms with Crippen LogP contribution in [0.3, 0.4) is 0 Å². The summed E-state index contributed by atoms with van der Waals surface area (Å²) in [5.74, 6) is -1.34. The molecule has 0 radical (unpaired) electrons. The Balaban J connectivity index is 2.28. The predicted molar refractivity (Wildman–Crippen MR) is 83.3 cm³/mol. The van der Waals surface area contributed by atoms with Gasteiger partial charge in [0, 0.05) is 12.7 Å². The molecule has 2 rings (SSSR count). The fraction of sp³-hybridized carbons (Fsp3) is 0.250. The predicted octanol–water partition coefficient (Wildman–Crippen LogP) is 1.72. The number of rotatable bonds is 6. The summed E-state index contributed by atoms with van der Waals surface area (Å²) in [6.07, 6.45) is 2.59. The first-order valence-electron chi connectivity index (χ1n) is 6.90. The first-order valence-corrected chi connectivity index (χ1v) is 6.90. The van der Waals surface area contributed by atoms with Crippen molar-refractivity contribution >= 4 is 17.8 Å². The van der Waals surface area contributed by atoms with Gasteiger partial charge in [0.15, 0.2) is 0 Å². The van der Waals surface area contributed by atoms with E-state index in [-0.39, 0.29) is 17.9 Å². The molecule has 0 bridgehead atoms. The molecular weight excluding hydrogens is 298 g/mol. The third-order valence-electron chi connectivity index (χ3n) is 3.61. The normalized spacial score (nSPS) is 13.0. The number of methoxy groups -OCH3 is 1. The second-order valence-electron chi connectivity index (χ2n) is 5.13. The molecule has 2 N–H and O–H groups in total. The Kier molecular flexibility index (Phi) is 4.90. The van der Waals surface area contributed by atoms with Crippen LogP contribution in [-0.4, -0.2) is 40.7 Å². The lowest BCUT2D eigenvalue weighted by molar-refractivity contribution is -0.142. The number of benzene rings is 1. The molecule has 23 heavy (non-hydrogen) atoms. The fourth-order valence-electron chi connectivity index (χ4n) is 2.10. The molecular formula is C16H17N3O4. The molecule has 0 aliphatic carbocycles. The van der Waals surface area contributed by atoms with E-state index in [4.69, 9.17) is 0 Å². The summed E-state index contributed by atoms with van der Waals surface area (Å²) < 4.78 is 4.67. The smallest absolute Gasteiger partial charge is 0.343 e. The van der Waals surface area contributed by atoms with Crippen LogP contribution >= 0.6 is 0 Å². The van der Waals surface area contributed by atoms with Crippen molar-refractivity contribution in [2.24, 2.45) is 0 Å². The van der Waals surface area contributed by atoms with Crippen LogP contribution in [0, 0.1) is 0 Å². The third-order valence-corrected chi connectivity index (χ3v) is 3.61. The number of aromatic nitrogens is 2. The van der Waals surface area contributed by atoms with Crippen LogP contribution in [0.2, 0.25) is 0 Å². The Morgan fingerprint density at radius 1 is 1.30 bits per heavy atom. The molecule has 1 atom stereocenters. The molecule has 0 saturated carbocycles. The minimum atomic E-state index is -1.18. The molecule has 1 aromatic carbocycles. The van der Waals surface area contributed by atoms with Gasteiger partial charge in [-0.25, -0.2) is 14.8 Å². The quantitative estimate of drug-likeness (QED) is 0.782. The third kappa shape index (κ3) is 3.45. The minimum absolute atomic E-state index is 0.0490. The highest BCUT2D eigenvalue weighted by molar-refractivity contribution is 5.94. The lowest BCUT2D eigenvalue weighted by Gasteiger charge is -2.26. The van der Waals surface area contributed by atoms with Crippen LogP contribution < -0.4 is 5.32 Å². The van der Waals surface area contributed by atoms with Gasteiger partial charge in [0.1, 0.15) is 23.1 Å². The van der Waals surface area contributed by atoms with Crippen molar-refractivity contribution in [1.29, 1.82) is 0 Å². The summed E-state index contributed by atoms with van der Waals surface area (Å²) >= 11 is 0. The molecule has 0 fully saturated rings. The summed E-state index contributed by atoms with van der Waals surface area (Å²) in [7, 11) is 1.25. The van der Waals surface area contributed by atoms with Crippen LogP contribution in [0.15, 0.2) is 42.9 Å². The first kappa shape index (κ1) is 16.4. The first-order chi connectivity index (χ1) is 11.0. The second-order valence-corrected chi connectivity index (χ2v) is 5.13. The van der Waals surface area contributed by atoms with Crippen LogP contribution in [0.25, 0.3) is 0 Å². The van der Waals surface area contributed by atoms with Crippen LogP contribution in [-0.2, 0) is 14.9 Å². The van der Waals surface area contributed by atoms with Gasteiger partial charge < -0.3 is 15.2 Å². The van der Waals surface area contributed by atoms with Gasteiger partial charge in [0.25, 0.3) is 0 Å². The number of hydrogen-bond donors (Lipinski definition) is 2. The number of ether oxygens (including phenoxy) is 1. The van der Waals surface area contributed by atoms with Gasteiger partial charge in [-0.15, -0.1) is 0 Å². The topological polar surface area (TPSA) is 101 Å². The van der Waals surface area contributed by atoms with Crippen molar-refractivity contribution in [3.8, 4) is 0 Å². The SMILES string of the molecule is COC(=O)c1cncnc1NCC(C)(C(=O)O)c1ccccc1. The molecule has 120 valence electrons. The number of carboxylic acids is 1. The van der Waals surface area contributed by atoms with Crippen LogP contribution in [0.4, 0.5) is 5.82 Å². The largest absolute Gasteiger partial charge is 0.481 e. The van der Waals surface area contributed by atoms with Crippen molar-refractivity contribution in [3.05, 3.63) is 54.0 Å². The maximum Gasteiger partial charge on any atom is 0.343 e. The number of carboxylic acid groups (broad SMARTS) is 1. The molecule has 1 heterocycles. The second kappa shape index (κ2) is 6.87. The maximum atomic E-state index is 11.8. The molecule has 1 unspecified atom stereocenters. The van der Waals surface area contributed by atoms with E-state index in [0.717, 1.165) is 0 Å². The summed E-state index contributed by atoms with van der Waals surface area (Å²) in [6.45, 7) is 1.66. The fourth-order valence-corrected chi connectivity index (χ4v) is 2.10. The number of nitrogens with one attached hydrogen (secondary N) is 1. The van der Waals surface area contributed by atoms with Crippen molar-refractivity contribution in [2.45, 2.75) is 12.3 Å². The van der Waals surface area contributed by atoms with Crippen molar-refractivity contribution in [3.63, 3.8) is 0 Å². The molecule has 0 aliphatic rings. The lowest BCUT2D eigenvalue weighted by atomic mass is 9.82. The molecule has 0 spiro atoms. The van der Waals surface area contributed by atoms with Crippen LogP contribution in [0.1, 0.15) is 22.8 Å².